The standard InChI is InChI=1S/C11H15BrN2O2S.ClH/c1-8-3-4-11(10(12)5-8)17(15,16)14(2)9-6-13-7-9;/h3-5,9,13H,6-7H2,1-2H3;1H. The van der Waals surface area contributed by atoms with Gasteiger partial charge in [0.1, 0.15) is 0 Å². The van der Waals surface area contributed by atoms with Gasteiger partial charge in [0, 0.05) is 30.7 Å². The van der Waals surface area contributed by atoms with Crippen LogP contribution in [-0.2, 0) is 10.0 Å². The lowest BCUT2D eigenvalue weighted by molar-refractivity contribution is 0.274. The van der Waals surface area contributed by atoms with E-state index in [2.05, 4.69) is 21.2 Å². The number of halogens is 2. The molecule has 1 heterocycles. The predicted octanol–water partition coefficient (Wildman–Crippen LogP) is 1.77. The van der Waals surface area contributed by atoms with E-state index in [1.54, 1.807) is 13.1 Å². The maximum Gasteiger partial charge on any atom is 0.244 e. The molecule has 0 aliphatic carbocycles. The molecular weight excluding hydrogens is 340 g/mol. The smallest absolute Gasteiger partial charge is 0.244 e. The fourth-order valence-electron chi connectivity index (χ4n) is 1.70. The van der Waals surface area contributed by atoms with Gasteiger partial charge in [-0.05, 0) is 40.5 Å². The molecule has 0 bridgehead atoms. The Bertz CT molecular complexity index is 532. The second-order valence-electron chi connectivity index (χ2n) is 4.27. The average molecular weight is 356 g/mol. The molecule has 0 saturated carbocycles. The van der Waals surface area contributed by atoms with Crippen LogP contribution in [0.5, 0.6) is 0 Å². The summed E-state index contributed by atoms with van der Waals surface area (Å²) in [6, 6.07) is 5.34. The fraction of sp³-hybridized carbons (Fsp3) is 0.455. The van der Waals surface area contributed by atoms with Crippen LogP contribution in [0, 0.1) is 6.92 Å². The van der Waals surface area contributed by atoms with E-state index in [-0.39, 0.29) is 18.4 Å². The molecule has 0 unspecified atom stereocenters. The van der Waals surface area contributed by atoms with E-state index in [4.69, 9.17) is 0 Å². The molecule has 1 saturated heterocycles. The summed E-state index contributed by atoms with van der Waals surface area (Å²) in [7, 11) is -1.77. The van der Waals surface area contributed by atoms with E-state index < -0.39 is 10.0 Å². The van der Waals surface area contributed by atoms with Crippen LogP contribution in [0.3, 0.4) is 0 Å². The molecule has 1 aliphatic rings. The number of hydrogen-bond acceptors (Lipinski definition) is 3. The molecular formula is C11H16BrClN2O2S. The number of nitrogens with zero attached hydrogens (tertiary/aromatic N) is 1. The molecule has 0 radical (unpaired) electrons. The lowest BCUT2D eigenvalue weighted by Gasteiger charge is -2.34. The van der Waals surface area contributed by atoms with Gasteiger partial charge in [-0.1, -0.05) is 6.07 Å². The Hall–Kier alpha value is -0.140. The van der Waals surface area contributed by atoms with E-state index >= 15 is 0 Å². The van der Waals surface area contributed by atoms with E-state index in [1.165, 1.54) is 4.31 Å². The van der Waals surface area contributed by atoms with Crippen molar-refractivity contribution in [3.05, 3.63) is 28.2 Å². The van der Waals surface area contributed by atoms with Crippen LogP contribution in [0.25, 0.3) is 0 Å². The molecule has 0 aromatic heterocycles. The topological polar surface area (TPSA) is 49.4 Å². The molecule has 1 aromatic carbocycles. The van der Waals surface area contributed by atoms with Gasteiger partial charge in [-0.25, -0.2) is 8.42 Å². The normalized spacial score (nSPS) is 16.2. The summed E-state index contributed by atoms with van der Waals surface area (Å²) >= 11 is 3.32. The first-order chi connectivity index (χ1) is 7.93. The minimum Gasteiger partial charge on any atom is -0.313 e. The van der Waals surface area contributed by atoms with Gasteiger partial charge in [-0.2, -0.15) is 4.31 Å². The van der Waals surface area contributed by atoms with Crippen molar-refractivity contribution in [1.82, 2.24) is 9.62 Å². The summed E-state index contributed by atoms with van der Waals surface area (Å²) in [4.78, 5) is 0.331. The molecule has 0 atom stereocenters. The number of benzene rings is 1. The second kappa shape index (κ2) is 5.88. The molecule has 1 N–H and O–H groups in total. The van der Waals surface area contributed by atoms with Crippen molar-refractivity contribution in [3.63, 3.8) is 0 Å². The summed E-state index contributed by atoms with van der Waals surface area (Å²) in [5.74, 6) is 0. The zero-order chi connectivity index (χ0) is 12.6. The number of sulfonamides is 1. The molecule has 0 spiro atoms. The molecule has 4 nitrogen and oxygen atoms in total. The maximum atomic E-state index is 12.4. The van der Waals surface area contributed by atoms with Crippen LogP contribution in [0.2, 0.25) is 0 Å². The summed E-state index contributed by atoms with van der Waals surface area (Å²) < 4.78 is 26.8. The zero-order valence-corrected chi connectivity index (χ0v) is 13.4. The van der Waals surface area contributed by atoms with Crippen molar-refractivity contribution in [1.29, 1.82) is 0 Å². The zero-order valence-electron chi connectivity index (χ0n) is 10.2. The third-order valence-electron chi connectivity index (χ3n) is 3.02. The maximum absolute atomic E-state index is 12.4. The SMILES string of the molecule is Cc1ccc(S(=O)(=O)N(C)C2CNC2)c(Br)c1.Cl. The van der Waals surface area contributed by atoms with Crippen LogP contribution >= 0.6 is 28.3 Å². The van der Waals surface area contributed by atoms with E-state index in [0.717, 1.165) is 18.7 Å². The Kier molecular flexibility index (Phi) is 5.20. The first-order valence-corrected chi connectivity index (χ1v) is 7.61. The first kappa shape index (κ1) is 15.9. The highest BCUT2D eigenvalue weighted by Gasteiger charge is 2.32. The van der Waals surface area contributed by atoms with Gasteiger partial charge in [-0.15, -0.1) is 12.4 Å². The number of hydrogen-bond donors (Lipinski definition) is 1. The largest absolute Gasteiger partial charge is 0.313 e. The Morgan fingerprint density at radius 1 is 1.39 bits per heavy atom. The quantitative estimate of drug-likeness (QED) is 0.899. The second-order valence-corrected chi connectivity index (χ2v) is 7.09. The Morgan fingerprint density at radius 3 is 2.44 bits per heavy atom. The van der Waals surface area contributed by atoms with Crippen molar-refractivity contribution in [2.24, 2.45) is 0 Å². The minimum atomic E-state index is -3.40. The third kappa shape index (κ3) is 2.88. The van der Waals surface area contributed by atoms with Crippen molar-refractivity contribution >= 4 is 38.4 Å². The highest BCUT2D eigenvalue weighted by Crippen LogP contribution is 2.26. The van der Waals surface area contributed by atoms with E-state index in [9.17, 15) is 8.42 Å². The summed E-state index contributed by atoms with van der Waals surface area (Å²) in [5, 5.41) is 3.07. The van der Waals surface area contributed by atoms with Crippen LogP contribution < -0.4 is 5.32 Å². The number of aryl methyl sites for hydroxylation is 1. The molecule has 7 heteroatoms. The van der Waals surface area contributed by atoms with Gasteiger partial charge in [0.25, 0.3) is 0 Å². The van der Waals surface area contributed by atoms with Gasteiger partial charge in [0.2, 0.25) is 10.0 Å². The molecule has 1 fully saturated rings. The number of nitrogens with one attached hydrogen (secondary N) is 1. The molecule has 1 aliphatic heterocycles. The van der Waals surface area contributed by atoms with Gasteiger partial charge in [0.05, 0.1) is 4.90 Å². The number of likely N-dealkylation sites (N-methyl/N-ethyl adjacent to an activating group) is 1. The Balaban J connectivity index is 0.00000162. The molecule has 102 valence electrons. The van der Waals surface area contributed by atoms with Crippen LogP contribution in [-0.4, -0.2) is 38.9 Å². The summed E-state index contributed by atoms with van der Waals surface area (Å²) in [6.07, 6.45) is 0. The third-order valence-corrected chi connectivity index (χ3v) is 5.91. The molecule has 0 amide bonds. The monoisotopic (exact) mass is 354 g/mol. The Labute approximate surface area is 122 Å². The summed E-state index contributed by atoms with van der Waals surface area (Å²) in [6.45, 7) is 3.37. The van der Waals surface area contributed by atoms with Crippen LogP contribution in [0.15, 0.2) is 27.6 Å². The highest BCUT2D eigenvalue weighted by atomic mass is 79.9. The first-order valence-electron chi connectivity index (χ1n) is 5.38. The highest BCUT2D eigenvalue weighted by molar-refractivity contribution is 9.10. The molecule has 2 rings (SSSR count). The van der Waals surface area contributed by atoms with E-state index in [1.807, 2.05) is 19.1 Å². The van der Waals surface area contributed by atoms with Crippen molar-refractivity contribution in [3.8, 4) is 0 Å². The van der Waals surface area contributed by atoms with Gasteiger partial charge >= 0.3 is 0 Å². The average Bonchev–Trinajstić information content (AvgIpc) is 2.13. The van der Waals surface area contributed by atoms with E-state index in [0.29, 0.717) is 9.37 Å². The van der Waals surface area contributed by atoms with Crippen LogP contribution in [0.1, 0.15) is 5.56 Å². The van der Waals surface area contributed by atoms with Gasteiger partial charge in [0.15, 0.2) is 0 Å². The van der Waals surface area contributed by atoms with Crippen molar-refractivity contribution in [2.75, 3.05) is 20.1 Å². The van der Waals surface area contributed by atoms with Crippen molar-refractivity contribution in [2.45, 2.75) is 17.9 Å². The van der Waals surface area contributed by atoms with Crippen molar-refractivity contribution < 1.29 is 8.42 Å². The predicted molar refractivity (Wildman–Crippen MR) is 77.7 cm³/mol. The molecule has 1 aromatic rings. The Morgan fingerprint density at radius 2 is 2.00 bits per heavy atom. The lowest BCUT2D eigenvalue weighted by atomic mass is 10.2. The number of rotatable bonds is 3. The molecule has 18 heavy (non-hydrogen) atoms. The fourth-order valence-corrected chi connectivity index (χ4v) is 4.20. The summed E-state index contributed by atoms with van der Waals surface area (Å²) in [5.41, 5.74) is 1.03. The minimum absolute atomic E-state index is 0. The lowest BCUT2D eigenvalue weighted by Crippen LogP contribution is -2.57. The van der Waals surface area contributed by atoms with Crippen LogP contribution in [0.4, 0.5) is 0 Å². The van der Waals surface area contributed by atoms with Gasteiger partial charge in [-0.3, -0.25) is 0 Å². The van der Waals surface area contributed by atoms with Gasteiger partial charge < -0.3 is 5.32 Å².